The van der Waals surface area contributed by atoms with Crippen molar-refractivity contribution in [2.24, 2.45) is 0 Å². The first kappa shape index (κ1) is 56.6. The number of aryl methyl sites for hydroxylation is 1. The molecule has 4 rings (SSSR count). The molecule has 0 spiro atoms. The fraction of sp³-hybridized carbons (Fsp3) is 0.357. The average Bonchev–Trinajstić information content (AvgIpc) is 3.13. The molecule has 0 atom stereocenters. The van der Waals surface area contributed by atoms with Gasteiger partial charge in [0.05, 0.1) is 19.8 Å². The number of Topliss-reactive ketones (excluding diaryl/α,β-unsaturated/α-hetero) is 1. The van der Waals surface area contributed by atoms with Crippen LogP contribution in [0.15, 0.2) is 127 Å². The Bertz CT molecular complexity index is 1080. The molecule has 0 heterocycles. The molecule has 4 aromatic rings. The Balaban J connectivity index is -0.000000114. The maximum absolute atomic E-state index is 10.8. The molecule has 0 amide bonds. The Morgan fingerprint density at radius 3 is 1.12 bits per heavy atom. The van der Waals surface area contributed by atoms with E-state index in [2.05, 4.69) is 28.1 Å². The molecule has 0 fully saturated rings. The van der Waals surface area contributed by atoms with Crippen LogP contribution in [0.25, 0.3) is 0 Å². The molecule has 0 bridgehead atoms. The van der Waals surface area contributed by atoms with Crippen LogP contribution in [0.2, 0.25) is 0 Å². The first-order valence-corrected chi connectivity index (χ1v) is 16.0. The van der Waals surface area contributed by atoms with Crippen LogP contribution in [-0.4, -0.2) is 46.3 Å². The van der Waals surface area contributed by atoms with Crippen LogP contribution < -0.4 is 4.74 Å². The zero-order valence-corrected chi connectivity index (χ0v) is 31.7. The van der Waals surface area contributed by atoms with Crippen LogP contribution in [0.3, 0.4) is 0 Å². The molecule has 0 unspecified atom stereocenters. The van der Waals surface area contributed by atoms with Crippen LogP contribution >= 0.6 is 0 Å². The zero-order chi connectivity index (χ0) is 37.8. The fourth-order valence-corrected chi connectivity index (χ4v) is 2.28. The van der Waals surface area contributed by atoms with Gasteiger partial charge in [0, 0.05) is 14.2 Å². The number of ether oxygens (including phenoxy) is 4. The summed E-state index contributed by atoms with van der Waals surface area (Å²) in [4.78, 5) is 30.9. The van der Waals surface area contributed by atoms with Crippen LogP contribution in [0.1, 0.15) is 85.2 Å². The highest BCUT2D eigenvalue weighted by atomic mass is 16.7. The van der Waals surface area contributed by atoms with E-state index in [1.807, 2.05) is 126 Å². The maximum atomic E-state index is 10.8. The molecular weight excluding hydrogens is 616 g/mol. The van der Waals surface area contributed by atoms with Gasteiger partial charge in [0.2, 0.25) is 0 Å². The minimum absolute atomic E-state index is 0. The summed E-state index contributed by atoms with van der Waals surface area (Å²) >= 11 is 0. The Hall–Kier alpha value is -4.75. The van der Waals surface area contributed by atoms with Gasteiger partial charge in [-0.3, -0.25) is 0 Å². The monoisotopic (exact) mass is 682 g/mol. The topological polar surface area (TPSA) is 88.1 Å². The smallest absolute Gasteiger partial charge is 0.465 e. The van der Waals surface area contributed by atoms with Gasteiger partial charge in [-0.05, 0) is 50.6 Å². The molecular formula is C42H66O7. The average molecular weight is 683 g/mol. The number of carbonyl (C=O) groups excluding carboxylic acids is 3. The van der Waals surface area contributed by atoms with Crippen molar-refractivity contribution in [1.29, 1.82) is 0 Å². The van der Waals surface area contributed by atoms with Crippen LogP contribution in [0.5, 0.6) is 5.75 Å². The third-order valence-electron chi connectivity index (χ3n) is 3.89. The number of methoxy groups -OCH3 is 3. The molecule has 4 aromatic carbocycles. The summed E-state index contributed by atoms with van der Waals surface area (Å²) in [6.07, 6.45) is 0.556. The lowest BCUT2D eigenvalue weighted by molar-refractivity contribution is -0.115. The molecule has 0 aliphatic heterocycles. The van der Waals surface area contributed by atoms with E-state index >= 15 is 0 Å². The summed E-state index contributed by atoms with van der Waals surface area (Å²) in [5.74, 6) is 0.377. The Morgan fingerprint density at radius 2 is 0.857 bits per heavy atom. The Labute approximate surface area is 299 Å². The second-order valence-corrected chi connectivity index (χ2v) is 8.56. The van der Waals surface area contributed by atoms with Crippen molar-refractivity contribution >= 4 is 17.9 Å². The number of rotatable bonds is 2. The number of hydrogen-bond donors (Lipinski definition) is 0. The molecule has 0 aliphatic carbocycles. The standard InChI is InChI=1S/C9H10O3.C8H8O2.2C6H6.C3H6O.C3H8.C2H6O.2C2H6.CH4/c1-7-4-3-5-8(6-7)12-9(10)11-2;1-10-8(9)7-5-3-2-4-6-7;2*1-2-4-6-5-3-1;1-3(2)4;2*1-3-2;2*1-2;/h3-6H,1-2H3;2-6H,1H3;2*1-6H;1-2H3;3H2,1-2H3;1-2H3;2*1-2H3;1H4. The SMILES string of the molecule is C.CC.CC.CC(C)=O.CCC.COC.COC(=O)Oc1cccc(C)c1.COC(=O)c1ccccc1.c1ccccc1.c1ccccc1. The van der Waals surface area contributed by atoms with E-state index in [9.17, 15) is 14.4 Å². The lowest BCUT2D eigenvalue weighted by atomic mass is 10.2. The molecule has 0 aliphatic rings. The van der Waals surface area contributed by atoms with Gasteiger partial charge in [-0.15, -0.1) is 0 Å². The lowest BCUT2D eigenvalue weighted by Crippen LogP contribution is -2.06. The lowest BCUT2D eigenvalue weighted by Gasteiger charge is -2.01. The molecule has 0 saturated carbocycles. The van der Waals surface area contributed by atoms with E-state index < -0.39 is 6.16 Å². The van der Waals surface area contributed by atoms with Gasteiger partial charge < -0.3 is 23.7 Å². The summed E-state index contributed by atoms with van der Waals surface area (Å²) in [5.41, 5.74) is 1.63. The molecule has 7 nitrogen and oxygen atoms in total. The van der Waals surface area contributed by atoms with Crippen molar-refractivity contribution < 1.29 is 33.3 Å². The minimum atomic E-state index is -0.694. The van der Waals surface area contributed by atoms with Crippen LogP contribution in [0.4, 0.5) is 4.79 Å². The maximum Gasteiger partial charge on any atom is 0.513 e. The molecule has 0 radical (unpaired) electrons. The normalized spacial score (nSPS) is 7.53. The summed E-state index contributed by atoms with van der Waals surface area (Å²) in [5, 5.41) is 0. The van der Waals surface area contributed by atoms with Crippen molar-refractivity contribution in [2.75, 3.05) is 28.4 Å². The van der Waals surface area contributed by atoms with Gasteiger partial charge in [0.1, 0.15) is 11.5 Å². The highest BCUT2D eigenvalue weighted by molar-refractivity contribution is 5.89. The summed E-state index contributed by atoms with van der Waals surface area (Å²) in [6, 6.07) is 40.1. The van der Waals surface area contributed by atoms with Crippen molar-refractivity contribution in [3.05, 3.63) is 139 Å². The van der Waals surface area contributed by atoms with Gasteiger partial charge in [-0.1, -0.05) is 159 Å². The summed E-state index contributed by atoms with van der Waals surface area (Å²) < 4.78 is 17.9. The van der Waals surface area contributed by atoms with Crippen LogP contribution in [0, 0.1) is 6.92 Å². The Kier molecular flexibility index (Phi) is 57.9. The van der Waals surface area contributed by atoms with Gasteiger partial charge in [-0.25, -0.2) is 9.59 Å². The van der Waals surface area contributed by atoms with Crippen molar-refractivity contribution in [3.8, 4) is 5.75 Å². The van der Waals surface area contributed by atoms with Gasteiger partial charge in [0.25, 0.3) is 0 Å². The summed E-state index contributed by atoms with van der Waals surface area (Å²) in [7, 11) is 5.90. The number of esters is 1. The third kappa shape index (κ3) is 53.0. The van der Waals surface area contributed by atoms with Crippen molar-refractivity contribution in [3.63, 3.8) is 0 Å². The van der Waals surface area contributed by atoms with Gasteiger partial charge >= 0.3 is 12.1 Å². The van der Waals surface area contributed by atoms with E-state index in [4.69, 9.17) is 4.74 Å². The number of hydrogen-bond acceptors (Lipinski definition) is 7. The van der Waals surface area contributed by atoms with Gasteiger partial charge in [-0.2, -0.15) is 0 Å². The number of ketones is 1. The number of carbonyl (C=O) groups is 3. The molecule has 276 valence electrons. The van der Waals surface area contributed by atoms with Crippen LogP contribution in [-0.2, 0) is 19.0 Å². The highest BCUT2D eigenvalue weighted by Gasteiger charge is 2.02. The number of benzene rings is 4. The largest absolute Gasteiger partial charge is 0.513 e. The predicted molar refractivity (Wildman–Crippen MR) is 210 cm³/mol. The fourth-order valence-electron chi connectivity index (χ4n) is 2.28. The van der Waals surface area contributed by atoms with E-state index in [0.717, 1.165) is 5.56 Å². The first-order valence-electron chi connectivity index (χ1n) is 16.0. The second kappa shape index (κ2) is 50.1. The highest BCUT2D eigenvalue weighted by Crippen LogP contribution is 2.12. The molecule has 7 heteroatoms. The molecule has 0 saturated heterocycles. The zero-order valence-electron chi connectivity index (χ0n) is 31.7. The Morgan fingerprint density at radius 1 is 0.551 bits per heavy atom. The van der Waals surface area contributed by atoms with E-state index in [0.29, 0.717) is 11.3 Å². The molecule has 49 heavy (non-hydrogen) atoms. The van der Waals surface area contributed by atoms with E-state index in [1.165, 1.54) is 34.5 Å². The van der Waals surface area contributed by atoms with E-state index in [1.54, 1.807) is 50.6 Å². The van der Waals surface area contributed by atoms with Crippen molar-refractivity contribution in [2.45, 2.75) is 76.2 Å². The van der Waals surface area contributed by atoms with Gasteiger partial charge in [0.15, 0.2) is 0 Å². The molecule has 0 N–H and O–H groups in total. The van der Waals surface area contributed by atoms with E-state index in [-0.39, 0.29) is 19.2 Å². The third-order valence-corrected chi connectivity index (χ3v) is 3.89. The first-order chi connectivity index (χ1) is 23.1. The summed E-state index contributed by atoms with van der Waals surface area (Å²) in [6.45, 7) is 17.2. The second-order valence-electron chi connectivity index (χ2n) is 8.56. The predicted octanol–water partition coefficient (Wildman–Crippen LogP) is 11.9. The quantitative estimate of drug-likeness (QED) is 0.153. The van der Waals surface area contributed by atoms with Crippen molar-refractivity contribution in [1.82, 2.24) is 0 Å². The minimum Gasteiger partial charge on any atom is -0.465 e. The molecule has 0 aromatic heterocycles.